The molecule has 1 aliphatic rings. The van der Waals surface area contributed by atoms with Crippen molar-refractivity contribution in [2.75, 3.05) is 12.8 Å². The van der Waals surface area contributed by atoms with Gasteiger partial charge in [-0.1, -0.05) is 13.0 Å². The third-order valence-corrected chi connectivity index (χ3v) is 5.62. The molecular formula is C18H21NO4S. The van der Waals surface area contributed by atoms with Crippen LogP contribution in [0, 0.1) is 5.92 Å². The Balaban J connectivity index is 1.93. The van der Waals surface area contributed by atoms with Crippen LogP contribution in [0.2, 0.25) is 0 Å². The summed E-state index contributed by atoms with van der Waals surface area (Å²) in [6.07, 6.45) is 4.52. The van der Waals surface area contributed by atoms with Crippen LogP contribution in [0.5, 0.6) is 0 Å². The van der Waals surface area contributed by atoms with E-state index >= 15 is 0 Å². The predicted octanol–water partition coefficient (Wildman–Crippen LogP) is 3.30. The number of rotatable bonds is 3. The van der Waals surface area contributed by atoms with Crippen molar-refractivity contribution in [1.29, 1.82) is 0 Å². The van der Waals surface area contributed by atoms with Crippen molar-refractivity contribution in [3.8, 4) is 0 Å². The Kier molecular flexibility index (Phi) is 4.49. The molecule has 2 atom stereocenters. The third kappa shape index (κ3) is 3.38. The zero-order valence-corrected chi connectivity index (χ0v) is 14.6. The van der Waals surface area contributed by atoms with Gasteiger partial charge in [0, 0.05) is 18.4 Å². The van der Waals surface area contributed by atoms with Crippen LogP contribution in [0.4, 0.5) is 0 Å². The molecule has 0 bridgehead atoms. The summed E-state index contributed by atoms with van der Waals surface area (Å²) in [5.41, 5.74) is 0.393. The Morgan fingerprint density at radius 1 is 1.25 bits per heavy atom. The molecule has 0 aliphatic carbocycles. The summed E-state index contributed by atoms with van der Waals surface area (Å²) in [6.45, 7) is 2.80. The molecule has 6 heteroatoms. The van der Waals surface area contributed by atoms with Crippen LogP contribution in [0.1, 0.15) is 41.9 Å². The first-order valence-electron chi connectivity index (χ1n) is 8.01. The van der Waals surface area contributed by atoms with E-state index in [1.54, 1.807) is 23.3 Å². The summed E-state index contributed by atoms with van der Waals surface area (Å²) < 4.78 is 29.0. The average molecular weight is 347 g/mol. The van der Waals surface area contributed by atoms with Gasteiger partial charge in [0.1, 0.15) is 5.76 Å². The van der Waals surface area contributed by atoms with E-state index in [0.717, 1.165) is 24.9 Å². The van der Waals surface area contributed by atoms with E-state index < -0.39 is 9.84 Å². The molecular weight excluding hydrogens is 326 g/mol. The Labute approximate surface area is 142 Å². The van der Waals surface area contributed by atoms with Crippen molar-refractivity contribution in [3.05, 3.63) is 54.0 Å². The van der Waals surface area contributed by atoms with Crippen LogP contribution in [0.3, 0.4) is 0 Å². The van der Waals surface area contributed by atoms with E-state index in [1.165, 1.54) is 12.1 Å². The maximum atomic E-state index is 13.0. The van der Waals surface area contributed by atoms with Gasteiger partial charge in [-0.25, -0.2) is 8.42 Å². The molecule has 5 nitrogen and oxygen atoms in total. The fourth-order valence-electron chi connectivity index (χ4n) is 3.16. The van der Waals surface area contributed by atoms with Crippen molar-refractivity contribution in [1.82, 2.24) is 4.90 Å². The van der Waals surface area contributed by atoms with Crippen LogP contribution in [0.15, 0.2) is 52.0 Å². The summed E-state index contributed by atoms with van der Waals surface area (Å²) in [5.74, 6) is 1.12. The Hall–Kier alpha value is -2.08. The number of nitrogens with zero attached hydrogens (tertiary/aromatic N) is 1. The van der Waals surface area contributed by atoms with E-state index in [-0.39, 0.29) is 16.8 Å². The number of likely N-dealkylation sites (tertiary alicyclic amines) is 1. The Bertz CT molecular complexity index is 826. The molecule has 1 aromatic carbocycles. The second-order valence-corrected chi connectivity index (χ2v) is 8.48. The van der Waals surface area contributed by atoms with E-state index in [1.807, 2.05) is 12.1 Å². The molecule has 24 heavy (non-hydrogen) atoms. The highest BCUT2D eigenvalue weighted by Gasteiger charge is 2.33. The molecule has 1 amide bonds. The van der Waals surface area contributed by atoms with Gasteiger partial charge in [0.05, 0.1) is 17.2 Å². The molecule has 0 spiro atoms. The molecule has 1 aromatic heterocycles. The van der Waals surface area contributed by atoms with Crippen LogP contribution < -0.4 is 0 Å². The number of furan rings is 1. The summed E-state index contributed by atoms with van der Waals surface area (Å²) in [4.78, 5) is 14.9. The highest BCUT2D eigenvalue weighted by molar-refractivity contribution is 7.90. The average Bonchev–Trinajstić information content (AvgIpc) is 3.08. The van der Waals surface area contributed by atoms with Gasteiger partial charge < -0.3 is 9.32 Å². The lowest BCUT2D eigenvalue weighted by Gasteiger charge is -2.37. The summed E-state index contributed by atoms with van der Waals surface area (Å²) in [6, 6.07) is 9.82. The summed E-state index contributed by atoms with van der Waals surface area (Å²) >= 11 is 0. The van der Waals surface area contributed by atoms with Gasteiger partial charge in [0.15, 0.2) is 9.84 Å². The van der Waals surface area contributed by atoms with E-state index in [2.05, 4.69) is 6.92 Å². The van der Waals surface area contributed by atoms with Crippen molar-refractivity contribution in [3.63, 3.8) is 0 Å². The fourth-order valence-corrected chi connectivity index (χ4v) is 3.83. The number of hydrogen-bond donors (Lipinski definition) is 0. The number of benzene rings is 1. The number of carbonyl (C=O) groups is 1. The lowest BCUT2D eigenvalue weighted by atomic mass is 9.90. The molecule has 2 heterocycles. The molecule has 2 aromatic rings. The van der Waals surface area contributed by atoms with Crippen LogP contribution >= 0.6 is 0 Å². The largest absolute Gasteiger partial charge is 0.467 e. The summed E-state index contributed by atoms with van der Waals surface area (Å²) in [5, 5.41) is 0. The molecule has 1 saturated heterocycles. The minimum absolute atomic E-state index is 0.113. The number of carbonyl (C=O) groups excluding carboxylic acids is 1. The Morgan fingerprint density at radius 2 is 2.04 bits per heavy atom. The maximum absolute atomic E-state index is 13.0. The van der Waals surface area contributed by atoms with Gasteiger partial charge in [-0.15, -0.1) is 0 Å². The molecule has 1 aliphatic heterocycles. The second kappa shape index (κ2) is 6.43. The lowest BCUT2D eigenvalue weighted by molar-refractivity contribution is 0.0520. The van der Waals surface area contributed by atoms with Crippen LogP contribution in [-0.2, 0) is 9.84 Å². The molecule has 1 fully saturated rings. The maximum Gasteiger partial charge on any atom is 0.254 e. The van der Waals surface area contributed by atoms with Gasteiger partial charge >= 0.3 is 0 Å². The Morgan fingerprint density at radius 3 is 2.71 bits per heavy atom. The molecule has 0 saturated carbocycles. The number of amides is 1. The van der Waals surface area contributed by atoms with Gasteiger partial charge in [-0.3, -0.25) is 4.79 Å². The van der Waals surface area contributed by atoms with Gasteiger partial charge in [-0.05, 0) is 49.1 Å². The van der Waals surface area contributed by atoms with Crippen LogP contribution in [-0.4, -0.2) is 32.0 Å². The summed E-state index contributed by atoms with van der Waals surface area (Å²) in [7, 11) is -3.34. The molecule has 0 N–H and O–H groups in total. The topological polar surface area (TPSA) is 67.6 Å². The number of hydrogen-bond acceptors (Lipinski definition) is 4. The van der Waals surface area contributed by atoms with Crippen molar-refractivity contribution >= 4 is 15.7 Å². The monoisotopic (exact) mass is 347 g/mol. The standard InChI is InChI=1S/C18H21NO4S/c1-13-8-9-19(16(11-13)17-7-4-10-23-17)18(20)14-5-3-6-15(12-14)24(2,21)22/h3-7,10,12-13,16H,8-9,11H2,1-2H3. The number of sulfone groups is 1. The molecule has 2 unspecified atom stereocenters. The van der Waals surface area contributed by atoms with Crippen LogP contribution in [0.25, 0.3) is 0 Å². The zero-order valence-electron chi connectivity index (χ0n) is 13.8. The second-order valence-electron chi connectivity index (χ2n) is 6.46. The van der Waals surface area contributed by atoms with Crippen molar-refractivity contribution in [2.24, 2.45) is 5.92 Å². The molecule has 128 valence electrons. The lowest BCUT2D eigenvalue weighted by Crippen LogP contribution is -2.40. The third-order valence-electron chi connectivity index (χ3n) is 4.51. The quantitative estimate of drug-likeness (QED) is 0.854. The fraction of sp³-hybridized carbons (Fsp3) is 0.389. The van der Waals surface area contributed by atoms with E-state index in [4.69, 9.17) is 4.42 Å². The van der Waals surface area contributed by atoms with E-state index in [0.29, 0.717) is 18.0 Å². The van der Waals surface area contributed by atoms with E-state index in [9.17, 15) is 13.2 Å². The first-order chi connectivity index (χ1) is 11.4. The molecule has 3 rings (SSSR count). The highest BCUT2D eigenvalue weighted by Crippen LogP contribution is 2.35. The normalized spacial score (nSPS) is 21.7. The zero-order chi connectivity index (χ0) is 17.3. The highest BCUT2D eigenvalue weighted by atomic mass is 32.2. The van der Waals surface area contributed by atoms with Gasteiger partial charge in [0.2, 0.25) is 0 Å². The number of piperidine rings is 1. The smallest absolute Gasteiger partial charge is 0.254 e. The minimum Gasteiger partial charge on any atom is -0.467 e. The first-order valence-corrected chi connectivity index (χ1v) is 9.90. The minimum atomic E-state index is -3.34. The van der Waals surface area contributed by atoms with Gasteiger partial charge in [0.25, 0.3) is 5.91 Å². The van der Waals surface area contributed by atoms with Crippen molar-refractivity contribution in [2.45, 2.75) is 30.7 Å². The predicted molar refractivity (Wildman–Crippen MR) is 90.4 cm³/mol. The molecule has 0 radical (unpaired) electrons. The van der Waals surface area contributed by atoms with Gasteiger partial charge in [-0.2, -0.15) is 0 Å². The SMILES string of the molecule is CC1CCN(C(=O)c2cccc(S(C)(=O)=O)c2)C(c2ccco2)C1. The first kappa shape index (κ1) is 16.8. The van der Waals surface area contributed by atoms with Crippen molar-refractivity contribution < 1.29 is 17.6 Å².